The van der Waals surface area contributed by atoms with Gasteiger partial charge in [-0.1, -0.05) is 0 Å². The predicted octanol–water partition coefficient (Wildman–Crippen LogP) is 1.01. The number of hydrogen-bond donors (Lipinski definition) is 3. The molecule has 1 aliphatic rings. The van der Waals surface area contributed by atoms with Crippen molar-refractivity contribution in [3.8, 4) is 0 Å². The van der Waals surface area contributed by atoms with E-state index in [1.165, 1.54) is 0 Å². The molecular weight excluding hydrogens is 198 g/mol. The fraction of sp³-hybridized carbons (Fsp3) is 0.444. The van der Waals surface area contributed by atoms with Crippen LogP contribution in [-0.2, 0) is 0 Å². The van der Waals surface area contributed by atoms with E-state index >= 15 is 0 Å². The van der Waals surface area contributed by atoms with Crippen LogP contribution < -0.4 is 5.32 Å². The average Bonchev–Trinajstić information content (AvgIpc) is 2.76. The van der Waals surface area contributed by atoms with Gasteiger partial charge in [0, 0.05) is 30.7 Å². The molecule has 0 radical (unpaired) electrons. The fourth-order valence-electron chi connectivity index (χ4n) is 1.64. The summed E-state index contributed by atoms with van der Waals surface area (Å²) >= 11 is 4.11. The first-order valence-electron chi connectivity index (χ1n) is 4.61. The Morgan fingerprint density at radius 2 is 2.50 bits per heavy atom. The van der Waals surface area contributed by atoms with Crippen molar-refractivity contribution in [3.05, 3.63) is 24.0 Å². The Labute approximate surface area is 88.1 Å². The number of aromatic nitrogens is 1. The summed E-state index contributed by atoms with van der Waals surface area (Å²) in [5.41, 5.74) is 1.06. The van der Waals surface area contributed by atoms with Gasteiger partial charge in [-0.05, 0) is 12.1 Å². The number of H-pyrrole nitrogens is 1. The van der Waals surface area contributed by atoms with Gasteiger partial charge >= 0.3 is 6.03 Å². The zero-order chi connectivity index (χ0) is 9.97. The minimum absolute atomic E-state index is 0.00125. The van der Waals surface area contributed by atoms with Crippen LogP contribution in [0, 0.1) is 0 Å². The van der Waals surface area contributed by atoms with Crippen LogP contribution in [-0.4, -0.2) is 34.8 Å². The van der Waals surface area contributed by atoms with E-state index in [4.69, 9.17) is 0 Å². The van der Waals surface area contributed by atoms with Crippen molar-refractivity contribution >= 4 is 18.7 Å². The van der Waals surface area contributed by atoms with E-state index < -0.39 is 0 Å². The molecule has 2 N–H and O–H groups in total. The van der Waals surface area contributed by atoms with E-state index in [2.05, 4.69) is 22.9 Å². The normalized spacial score (nSPS) is 21.4. The largest absolute Gasteiger partial charge is 0.363 e. The molecule has 1 atom stereocenters. The van der Waals surface area contributed by atoms with Gasteiger partial charge in [0.2, 0.25) is 0 Å². The third-order valence-electron chi connectivity index (χ3n) is 2.36. The highest BCUT2D eigenvalue weighted by Crippen LogP contribution is 2.18. The van der Waals surface area contributed by atoms with E-state index in [0.717, 1.165) is 12.2 Å². The molecule has 4 nitrogen and oxygen atoms in total. The smallest absolute Gasteiger partial charge is 0.318 e. The maximum absolute atomic E-state index is 11.4. The minimum atomic E-state index is -0.00125. The second kappa shape index (κ2) is 3.96. The number of carbonyl (C=O) groups is 1. The highest BCUT2D eigenvalue weighted by Gasteiger charge is 2.29. The van der Waals surface area contributed by atoms with E-state index in [-0.39, 0.29) is 12.1 Å². The Morgan fingerprint density at radius 1 is 1.64 bits per heavy atom. The zero-order valence-corrected chi connectivity index (χ0v) is 8.63. The van der Waals surface area contributed by atoms with Crippen LogP contribution in [0.3, 0.4) is 0 Å². The zero-order valence-electron chi connectivity index (χ0n) is 7.73. The van der Waals surface area contributed by atoms with Gasteiger partial charge in [0.25, 0.3) is 0 Å². The van der Waals surface area contributed by atoms with Crippen LogP contribution in [0.5, 0.6) is 0 Å². The molecule has 2 heterocycles. The lowest BCUT2D eigenvalue weighted by atomic mass is 10.2. The summed E-state index contributed by atoms with van der Waals surface area (Å²) in [7, 11) is 0. The predicted molar refractivity (Wildman–Crippen MR) is 57.5 cm³/mol. The van der Waals surface area contributed by atoms with Crippen molar-refractivity contribution in [2.45, 2.75) is 6.04 Å². The third-order valence-corrected chi connectivity index (χ3v) is 2.56. The standard InChI is InChI=1S/C9H13N3OS/c13-9-11-8(6-12(9)4-5-14)7-2-1-3-10-7/h1-3,8,10,14H,4-6H2,(H,11,13). The van der Waals surface area contributed by atoms with Crippen molar-refractivity contribution < 1.29 is 4.79 Å². The van der Waals surface area contributed by atoms with Crippen LogP contribution in [0.2, 0.25) is 0 Å². The first kappa shape index (κ1) is 9.45. The summed E-state index contributed by atoms with van der Waals surface area (Å²) < 4.78 is 0. The van der Waals surface area contributed by atoms with E-state index in [1.807, 2.05) is 18.3 Å². The van der Waals surface area contributed by atoms with Crippen molar-refractivity contribution in [2.75, 3.05) is 18.8 Å². The molecule has 1 unspecified atom stereocenters. The fourth-order valence-corrected chi connectivity index (χ4v) is 1.88. The molecule has 0 saturated carbocycles. The summed E-state index contributed by atoms with van der Waals surface area (Å²) in [5, 5.41) is 2.91. The molecule has 1 aromatic rings. The summed E-state index contributed by atoms with van der Waals surface area (Å²) in [6.07, 6.45) is 1.86. The monoisotopic (exact) mass is 211 g/mol. The number of nitrogens with one attached hydrogen (secondary N) is 2. The van der Waals surface area contributed by atoms with Crippen molar-refractivity contribution in [2.24, 2.45) is 0 Å². The van der Waals surface area contributed by atoms with Crippen LogP contribution in [0.1, 0.15) is 11.7 Å². The van der Waals surface area contributed by atoms with Gasteiger partial charge in [-0.15, -0.1) is 0 Å². The molecule has 76 valence electrons. The molecule has 0 aliphatic carbocycles. The summed E-state index contributed by atoms with van der Waals surface area (Å²) in [6, 6.07) is 4.01. The maximum Gasteiger partial charge on any atom is 0.318 e. The molecule has 1 aromatic heterocycles. The van der Waals surface area contributed by atoms with Crippen molar-refractivity contribution in [1.29, 1.82) is 0 Å². The Hall–Kier alpha value is -1.10. The van der Waals surface area contributed by atoms with Crippen molar-refractivity contribution in [3.63, 3.8) is 0 Å². The summed E-state index contributed by atoms with van der Waals surface area (Å²) in [4.78, 5) is 16.3. The van der Waals surface area contributed by atoms with Gasteiger partial charge in [-0.25, -0.2) is 4.79 Å². The lowest BCUT2D eigenvalue weighted by Crippen LogP contribution is -2.29. The quantitative estimate of drug-likeness (QED) is 0.642. The Morgan fingerprint density at radius 3 is 3.14 bits per heavy atom. The third kappa shape index (κ3) is 1.72. The lowest BCUT2D eigenvalue weighted by molar-refractivity contribution is 0.220. The second-order valence-electron chi connectivity index (χ2n) is 3.30. The first-order valence-corrected chi connectivity index (χ1v) is 5.24. The number of hydrogen-bond acceptors (Lipinski definition) is 2. The molecule has 14 heavy (non-hydrogen) atoms. The van der Waals surface area contributed by atoms with E-state index in [1.54, 1.807) is 4.90 Å². The van der Waals surface area contributed by atoms with Crippen LogP contribution >= 0.6 is 12.6 Å². The molecule has 0 aromatic carbocycles. The average molecular weight is 211 g/mol. The number of aromatic amines is 1. The molecule has 1 saturated heterocycles. The first-order chi connectivity index (χ1) is 6.81. The maximum atomic E-state index is 11.4. The van der Waals surface area contributed by atoms with Gasteiger partial charge in [0.15, 0.2) is 0 Å². The SMILES string of the molecule is O=C1NC(c2ccc[nH]2)CN1CCS. The van der Waals surface area contributed by atoms with E-state index in [9.17, 15) is 4.79 Å². The van der Waals surface area contributed by atoms with E-state index in [0.29, 0.717) is 12.3 Å². The molecule has 0 bridgehead atoms. The topological polar surface area (TPSA) is 48.1 Å². The number of rotatable bonds is 3. The Balaban J connectivity index is 2.03. The Bertz CT molecular complexity index is 312. The van der Waals surface area contributed by atoms with Crippen LogP contribution in [0.4, 0.5) is 4.79 Å². The van der Waals surface area contributed by atoms with Crippen molar-refractivity contribution in [1.82, 2.24) is 15.2 Å². The number of thiol groups is 1. The van der Waals surface area contributed by atoms with Gasteiger partial charge < -0.3 is 15.2 Å². The minimum Gasteiger partial charge on any atom is -0.363 e. The molecule has 2 amide bonds. The molecule has 1 fully saturated rings. The van der Waals surface area contributed by atoms with Crippen LogP contribution in [0.15, 0.2) is 18.3 Å². The van der Waals surface area contributed by atoms with Gasteiger partial charge in [0.1, 0.15) is 0 Å². The number of nitrogens with zero attached hydrogens (tertiary/aromatic N) is 1. The van der Waals surface area contributed by atoms with Crippen LogP contribution in [0.25, 0.3) is 0 Å². The molecule has 2 rings (SSSR count). The van der Waals surface area contributed by atoms with Gasteiger partial charge in [0.05, 0.1) is 6.04 Å². The molecule has 0 spiro atoms. The van der Waals surface area contributed by atoms with Gasteiger partial charge in [-0.3, -0.25) is 0 Å². The summed E-state index contributed by atoms with van der Waals surface area (Å²) in [5.74, 6) is 0.699. The molecular formula is C9H13N3OS. The highest BCUT2D eigenvalue weighted by molar-refractivity contribution is 7.80. The highest BCUT2D eigenvalue weighted by atomic mass is 32.1. The molecule has 5 heteroatoms. The number of urea groups is 1. The second-order valence-corrected chi connectivity index (χ2v) is 3.74. The summed E-state index contributed by atoms with van der Waals surface area (Å²) in [6.45, 7) is 1.42. The Kier molecular flexibility index (Phi) is 2.67. The molecule has 1 aliphatic heterocycles. The number of carbonyl (C=O) groups excluding carboxylic acids is 1. The van der Waals surface area contributed by atoms with Gasteiger partial charge in [-0.2, -0.15) is 12.6 Å². The lowest BCUT2D eigenvalue weighted by Gasteiger charge is -2.11. The number of amides is 2.